The second-order valence-corrected chi connectivity index (χ2v) is 5.76. The van der Waals surface area contributed by atoms with Gasteiger partial charge in [0.25, 0.3) is 0 Å². The van der Waals surface area contributed by atoms with Crippen molar-refractivity contribution in [3.05, 3.63) is 29.8 Å². The smallest absolute Gasteiger partial charge is 0.141 e. The molecule has 4 heteroatoms. The number of hydrogen-bond acceptors (Lipinski definition) is 3. The molecule has 0 aliphatic rings. The van der Waals surface area contributed by atoms with E-state index >= 15 is 0 Å². The third-order valence-electron chi connectivity index (χ3n) is 3.14. The predicted octanol–water partition coefficient (Wildman–Crippen LogP) is 2.67. The summed E-state index contributed by atoms with van der Waals surface area (Å²) >= 11 is 0. The van der Waals surface area contributed by atoms with Crippen molar-refractivity contribution in [2.45, 2.75) is 46.2 Å². The van der Waals surface area contributed by atoms with Gasteiger partial charge in [0, 0.05) is 24.9 Å². The largest absolute Gasteiger partial charge is 0.396 e. The topological polar surface area (TPSA) is 45.1 Å². The zero-order chi connectivity index (χ0) is 13.8. The van der Waals surface area contributed by atoms with E-state index in [1.807, 2.05) is 6.92 Å². The van der Waals surface area contributed by atoms with Gasteiger partial charge in [0.1, 0.15) is 5.82 Å². The third kappa shape index (κ3) is 4.35. The number of aliphatic hydroxyl groups excluding tert-OH is 1. The lowest BCUT2D eigenvalue weighted by atomic mass is 9.84. The molecule has 102 valence electrons. The summed E-state index contributed by atoms with van der Waals surface area (Å²) in [6.07, 6.45) is 3.54. The van der Waals surface area contributed by atoms with Gasteiger partial charge in [-0.3, -0.25) is 4.98 Å². The molecule has 0 amide bonds. The van der Waals surface area contributed by atoms with Crippen LogP contribution in [0.15, 0.2) is 18.5 Å². The van der Waals surface area contributed by atoms with E-state index in [1.54, 1.807) is 6.20 Å². The van der Waals surface area contributed by atoms with E-state index in [-0.39, 0.29) is 29.9 Å². The minimum atomic E-state index is -0.324. The van der Waals surface area contributed by atoms with Crippen molar-refractivity contribution in [3.8, 4) is 0 Å². The highest BCUT2D eigenvalue weighted by Crippen LogP contribution is 2.24. The first-order chi connectivity index (χ1) is 8.34. The van der Waals surface area contributed by atoms with Gasteiger partial charge in [-0.2, -0.15) is 0 Å². The van der Waals surface area contributed by atoms with E-state index in [4.69, 9.17) is 5.11 Å². The lowest BCUT2D eigenvalue weighted by molar-refractivity contribution is 0.188. The van der Waals surface area contributed by atoms with Crippen LogP contribution in [0.25, 0.3) is 0 Å². The molecule has 0 saturated heterocycles. The minimum absolute atomic E-state index is 0.00368. The predicted molar refractivity (Wildman–Crippen MR) is 70.7 cm³/mol. The van der Waals surface area contributed by atoms with Crippen LogP contribution in [0.1, 0.15) is 45.7 Å². The fourth-order valence-corrected chi connectivity index (χ4v) is 1.96. The number of aromatic nitrogens is 1. The molecule has 0 spiro atoms. The summed E-state index contributed by atoms with van der Waals surface area (Å²) < 4.78 is 13.1. The molecule has 2 N–H and O–H groups in total. The highest BCUT2D eigenvalue weighted by Gasteiger charge is 2.25. The zero-order valence-corrected chi connectivity index (χ0v) is 11.6. The van der Waals surface area contributed by atoms with Gasteiger partial charge in [0.05, 0.1) is 6.20 Å². The van der Waals surface area contributed by atoms with Gasteiger partial charge in [-0.15, -0.1) is 0 Å². The van der Waals surface area contributed by atoms with Crippen LogP contribution in [-0.4, -0.2) is 22.7 Å². The molecule has 0 aliphatic carbocycles. The maximum absolute atomic E-state index is 13.1. The SMILES string of the molecule is CC(NC(CCO)C(C)(C)C)c1cncc(F)c1. The fraction of sp³-hybridized carbons (Fsp3) is 0.643. The van der Waals surface area contributed by atoms with Crippen LogP contribution in [0.5, 0.6) is 0 Å². The molecule has 0 radical (unpaired) electrons. The van der Waals surface area contributed by atoms with Gasteiger partial charge in [-0.1, -0.05) is 20.8 Å². The van der Waals surface area contributed by atoms with Gasteiger partial charge in [-0.25, -0.2) is 4.39 Å². The number of rotatable bonds is 5. The summed E-state index contributed by atoms with van der Waals surface area (Å²) in [4.78, 5) is 3.86. The number of hydrogen-bond donors (Lipinski definition) is 2. The average Bonchev–Trinajstić information content (AvgIpc) is 2.27. The Morgan fingerprint density at radius 2 is 2.06 bits per heavy atom. The van der Waals surface area contributed by atoms with Gasteiger partial charge in [0.15, 0.2) is 0 Å². The van der Waals surface area contributed by atoms with E-state index in [9.17, 15) is 4.39 Å². The Balaban J connectivity index is 2.75. The molecule has 1 aromatic heterocycles. The monoisotopic (exact) mass is 254 g/mol. The van der Waals surface area contributed by atoms with Gasteiger partial charge in [0.2, 0.25) is 0 Å². The Labute approximate surface area is 108 Å². The molecular weight excluding hydrogens is 231 g/mol. The van der Waals surface area contributed by atoms with Crippen LogP contribution in [0, 0.1) is 11.2 Å². The molecule has 2 unspecified atom stereocenters. The quantitative estimate of drug-likeness (QED) is 0.849. The lowest BCUT2D eigenvalue weighted by Gasteiger charge is -2.34. The Kier molecular flexibility index (Phi) is 5.23. The van der Waals surface area contributed by atoms with Crippen LogP contribution >= 0.6 is 0 Å². The van der Waals surface area contributed by atoms with Crippen molar-refractivity contribution in [2.75, 3.05) is 6.61 Å². The Morgan fingerprint density at radius 1 is 1.39 bits per heavy atom. The molecule has 18 heavy (non-hydrogen) atoms. The normalized spacial score (nSPS) is 15.4. The standard InChI is InChI=1S/C14H23FN2O/c1-10(11-7-12(15)9-16-8-11)17-13(5-6-18)14(2,3)4/h7-10,13,17-18H,5-6H2,1-4H3. The summed E-state index contributed by atoms with van der Waals surface area (Å²) in [5.74, 6) is -0.324. The van der Waals surface area contributed by atoms with Crippen molar-refractivity contribution in [3.63, 3.8) is 0 Å². The number of pyridine rings is 1. The van der Waals surface area contributed by atoms with Crippen molar-refractivity contribution in [2.24, 2.45) is 5.41 Å². The number of nitrogens with one attached hydrogen (secondary N) is 1. The van der Waals surface area contributed by atoms with Crippen LogP contribution in [0.4, 0.5) is 4.39 Å². The second-order valence-electron chi connectivity index (χ2n) is 5.76. The van der Waals surface area contributed by atoms with Gasteiger partial charge in [-0.05, 0) is 30.4 Å². The van der Waals surface area contributed by atoms with Crippen molar-refractivity contribution >= 4 is 0 Å². The maximum atomic E-state index is 13.1. The summed E-state index contributed by atoms with van der Waals surface area (Å²) in [6.45, 7) is 8.49. The Bertz CT molecular complexity index is 376. The lowest BCUT2D eigenvalue weighted by Crippen LogP contribution is -2.42. The Morgan fingerprint density at radius 3 is 2.56 bits per heavy atom. The minimum Gasteiger partial charge on any atom is -0.396 e. The fourth-order valence-electron chi connectivity index (χ4n) is 1.96. The van der Waals surface area contributed by atoms with Crippen molar-refractivity contribution in [1.29, 1.82) is 0 Å². The molecule has 1 aromatic rings. The number of aliphatic hydroxyl groups is 1. The summed E-state index contributed by atoms with van der Waals surface area (Å²) in [6, 6.07) is 1.66. The molecule has 1 rings (SSSR count). The maximum Gasteiger partial charge on any atom is 0.141 e. The summed E-state index contributed by atoms with van der Waals surface area (Å²) in [7, 11) is 0. The van der Waals surface area contributed by atoms with E-state index < -0.39 is 0 Å². The van der Waals surface area contributed by atoms with E-state index in [0.717, 1.165) is 5.56 Å². The first kappa shape index (κ1) is 15.1. The molecule has 2 atom stereocenters. The molecule has 0 aromatic carbocycles. The van der Waals surface area contributed by atoms with Crippen LogP contribution in [0.2, 0.25) is 0 Å². The van der Waals surface area contributed by atoms with E-state index in [0.29, 0.717) is 6.42 Å². The van der Waals surface area contributed by atoms with Crippen molar-refractivity contribution < 1.29 is 9.50 Å². The number of nitrogens with zero attached hydrogens (tertiary/aromatic N) is 1. The molecule has 0 aliphatic heterocycles. The highest BCUT2D eigenvalue weighted by atomic mass is 19.1. The summed E-state index contributed by atoms with van der Waals surface area (Å²) in [5.41, 5.74) is 0.861. The zero-order valence-electron chi connectivity index (χ0n) is 11.6. The number of halogens is 1. The van der Waals surface area contributed by atoms with Gasteiger partial charge < -0.3 is 10.4 Å². The van der Waals surface area contributed by atoms with E-state index in [1.165, 1.54) is 12.3 Å². The first-order valence-electron chi connectivity index (χ1n) is 6.32. The van der Waals surface area contributed by atoms with E-state index in [2.05, 4.69) is 31.1 Å². The average molecular weight is 254 g/mol. The van der Waals surface area contributed by atoms with Crippen molar-refractivity contribution in [1.82, 2.24) is 10.3 Å². The van der Waals surface area contributed by atoms with Gasteiger partial charge >= 0.3 is 0 Å². The molecular formula is C14H23FN2O. The van der Waals surface area contributed by atoms with Crippen LogP contribution in [-0.2, 0) is 0 Å². The molecule has 0 fully saturated rings. The molecule has 3 nitrogen and oxygen atoms in total. The Hall–Kier alpha value is -1.00. The molecule has 1 heterocycles. The molecule has 0 saturated carbocycles. The first-order valence-corrected chi connectivity index (χ1v) is 6.32. The van der Waals surface area contributed by atoms with Crippen LogP contribution < -0.4 is 5.32 Å². The van der Waals surface area contributed by atoms with Crippen LogP contribution in [0.3, 0.4) is 0 Å². The molecule has 0 bridgehead atoms. The second kappa shape index (κ2) is 6.25. The highest BCUT2D eigenvalue weighted by molar-refractivity contribution is 5.14. The summed E-state index contributed by atoms with van der Waals surface area (Å²) in [5, 5.41) is 12.5. The third-order valence-corrected chi connectivity index (χ3v) is 3.14.